The lowest BCUT2D eigenvalue weighted by molar-refractivity contribution is -0.136. The van der Waals surface area contributed by atoms with Crippen molar-refractivity contribution in [3.8, 4) is 0 Å². The van der Waals surface area contributed by atoms with Crippen molar-refractivity contribution < 1.29 is 23.1 Å². The minimum Gasteiger partial charge on any atom is -0.481 e. The molecule has 0 fully saturated rings. The number of amides is 1. The van der Waals surface area contributed by atoms with Crippen molar-refractivity contribution >= 4 is 33.2 Å². The number of carboxylic acid groups (broad SMARTS) is 1. The zero-order valence-corrected chi connectivity index (χ0v) is 11.1. The van der Waals surface area contributed by atoms with E-state index in [-0.39, 0.29) is 17.2 Å². The smallest absolute Gasteiger partial charge is 0.308 e. The highest BCUT2D eigenvalue weighted by atomic mass is 32.2. The maximum atomic E-state index is 11.7. The summed E-state index contributed by atoms with van der Waals surface area (Å²) in [6.07, 6.45) is -0.227. The molecule has 7 nitrogen and oxygen atoms in total. The zero-order valence-electron chi connectivity index (χ0n) is 9.47. The molecule has 0 bridgehead atoms. The first-order chi connectivity index (χ1) is 8.35. The molecule has 0 aromatic carbocycles. The van der Waals surface area contributed by atoms with Crippen LogP contribution in [0.4, 0.5) is 0 Å². The van der Waals surface area contributed by atoms with Gasteiger partial charge in [0.2, 0.25) is 5.91 Å². The predicted octanol–water partition coefficient (Wildman–Crippen LogP) is -0.600. The molecule has 1 amide bonds. The van der Waals surface area contributed by atoms with Crippen molar-refractivity contribution in [1.82, 2.24) is 10.0 Å². The number of hydrogen-bond acceptors (Lipinski definition) is 5. The Bertz CT molecular complexity index is 549. The summed E-state index contributed by atoms with van der Waals surface area (Å²) in [6, 6.07) is 2.75. The SMILES string of the molecule is CNC(=O)CNS(=O)(=O)c1ccc(CC(=O)O)s1. The summed E-state index contributed by atoms with van der Waals surface area (Å²) < 4.78 is 25.6. The molecule has 0 aliphatic carbocycles. The van der Waals surface area contributed by atoms with Gasteiger partial charge in [0.25, 0.3) is 10.0 Å². The number of carbonyl (C=O) groups is 2. The van der Waals surface area contributed by atoms with Crippen LogP contribution in [0.5, 0.6) is 0 Å². The van der Waals surface area contributed by atoms with E-state index in [0.717, 1.165) is 11.3 Å². The summed E-state index contributed by atoms with van der Waals surface area (Å²) in [7, 11) is -2.37. The molecule has 0 saturated heterocycles. The normalized spacial score (nSPS) is 11.2. The van der Waals surface area contributed by atoms with E-state index in [1.807, 2.05) is 0 Å². The number of rotatable bonds is 6. The molecular weight excluding hydrogens is 280 g/mol. The Morgan fingerprint density at radius 1 is 1.39 bits per heavy atom. The lowest BCUT2D eigenvalue weighted by Crippen LogP contribution is -2.34. The van der Waals surface area contributed by atoms with Crippen molar-refractivity contribution in [3.63, 3.8) is 0 Å². The van der Waals surface area contributed by atoms with E-state index >= 15 is 0 Å². The second-order valence-electron chi connectivity index (χ2n) is 3.29. The van der Waals surface area contributed by atoms with Gasteiger partial charge in [-0.2, -0.15) is 0 Å². The van der Waals surface area contributed by atoms with Crippen molar-refractivity contribution in [2.24, 2.45) is 0 Å². The van der Waals surface area contributed by atoms with Crippen molar-refractivity contribution in [1.29, 1.82) is 0 Å². The van der Waals surface area contributed by atoms with Crippen LogP contribution in [0.1, 0.15) is 4.88 Å². The highest BCUT2D eigenvalue weighted by molar-refractivity contribution is 7.91. The number of sulfonamides is 1. The number of carbonyl (C=O) groups excluding carboxylic acids is 1. The predicted molar refractivity (Wildman–Crippen MR) is 64.9 cm³/mol. The first-order valence-corrected chi connectivity index (χ1v) is 7.16. The molecule has 9 heteroatoms. The maximum Gasteiger partial charge on any atom is 0.308 e. The van der Waals surface area contributed by atoms with Gasteiger partial charge in [-0.1, -0.05) is 0 Å². The average Bonchev–Trinajstić information content (AvgIpc) is 2.74. The summed E-state index contributed by atoms with van der Waals surface area (Å²) in [5.74, 6) is -1.49. The number of aliphatic carboxylic acids is 1. The van der Waals surface area contributed by atoms with Crippen LogP contribution in [0.3, 0.4) is 0 Å². The molecule has 0 spiro atoms. The van der Waals surface area contributed by atoms with Crippen molar-refractivity contribution in [2.45, 2.75) is 10.6 Å². The first kappa shape index (κ1) is 14.6. The lowest BCUT2D eigenvalue weighted by atomic mass is 10.3. The quantitative estimate of drug-likeness (QED) is 0.648. The number of nitrogens with one attached hydrogen (secondary N) is 2. The topological polar surface area (TPSA) is 113 Å². The molecule has 18 heavy (non-hydrogen) atoms. The van der Waals surface area contributed by atoms with Crippen LogP contribution in [0.25, 0.3) is 0 Å². The Hall–Kier alpha value is -1.45. The van der Waals surface area contributed by atoms with Gasteiger partial charge in [0, 0.05) is 11.9 Å². The van der Waals surface area contributed by atoms with Gasteiger partial charge in [0.15, 0.2) is 0 Å². The van der Waals surface area contributed by atoms with E-state index < -0.39 is 21.9 Å². The summed E-state index contributed by atoms with van der Waals surface area (Å²) in [6.45, 7) is -0.356. The van der Waals surface area contributed by atoms with E-state index in [9.17, 15) is 18.0 Å². The Balaban J connectivity index is 2.76. The van der Waals surface area contributed by atoms with Gasteiger partial charge in [-0.05, 0) is 12.1 Å². The molecule has 1 aromatic rings. The Morgan fingerprint density at radius 3 is 2.61 bits per heavy atom. The molecule has 1 aromatic heterocycles. The molecule has 0 radical (unpaired) electrons. The van der Waals surface area contributed by atoms with Crippen LogP contribution < -0.4 is 10.0 Å². The Labute approximate surface area is 108 Å². The van der Waals surface area contributed by atoms with Gasteiger partial charge >= 0.3 is 5.97 Å². The zero-order chi connectivity index (χ0) is 13.8. The van der Waals surface area contributed by atoms with Gasteiger partial charge in [0.05, 0.1) is 13.0 Å². The van der Waals surface area contributed by atoms with E-state index in [1.54, 1.807) is 0 Å². The molecule has 1 rings (SSSR count). The second-order valence-corrected chi connectivity index (χ2v) is 6.45. The van der Waals surface area contributed by atoms with Gasteiger partial charge < -0.3 is 10.4 Å². The average molecular weight is 292 g/mol. The third kappa shape index (κ3) is 4.09. The third-order valence-corrected chi connectivity index (χ3v) is 4.91. The summed E-state index contributed by atoms with van der Waals surface area (Å²) in [5.41, 5.74) is 0. The fourth-order valence-corrected chi connectivity index (χ4v) is 3.44. The van der Waals surface area contributed by atoms with Crippen molar-refractivity contribution in [3.05, 3.63) is 17.0 Å². The summed E-state index contributed by atoms with van der Waals surface area (Å²) in [4.78, 5) is 21.8. The van der Waals surface area contributed by atoms with Gasteiger partial charge in [-0.3, -0.25) is 9.59 Å². The fraction of sp³-hybridized carbons (Fsp3) is 0.333. The van der Waals surface area contributed by atoms with E-state index in [0.29, 0.717) is 4.88 Å². The largest absolute Gasteiger partial charge is 0.481 e. The van der Waals surface area contributed by atoms with Gasteiger partial charge in [0.1, 0.15) is 4.21 Å². The van der Waals surface area contributed by atoms with Crippen molar-refractivity contribution in [2.75, 3.05) is 13.6 Å². The molecule has 0 aliphatic rings. The van der Waals surface area contributed by atoms with E-state index in [4.69, 9.17) is 5.11 Å². The van der Waals surface area contributed by atoms with Gasteiger partial charge in [-0.25, -0.2) is 13.1 Å². The molecule has 3 N–H and O–H groups in total. The van der Waals surface area contributed by atoms with Crippen LogP contribution in [0, 0.1) is 0 Å². The monoisotopic (exact) mass is 292 g/mol. The highest BCUT2D eigenvalue weighted by Crippen LogP contribution is 2.21. The Morgan fingerprint density at radius 2 is 2.06 bits per heavy atom. The molecule has 0 atom stereocenters. The summed E-state index contributed by atoms with van der Waals surface area (Å²) in [5, 5.41) is 10.9. The van der Waals surface area contributed by atoms with Crippen LogP contribution in [0.2, 0.25) is 0 Å². The summed E-state index contributed by atoms with van der Waals surface area (Å²) >= 11 is 0.864. The fourth-order valence-electron chi connectivity index (χ4n) is 1.07. The van der Waals surface area contributed by atoms with Crippen LogP contribution >= 0.6 is 11.3 Å². The number of carboxylic acids is 1. The van der Waals surface area contributed by atoms with E-state index in [1.165, 1.54) is 19.2 Å². The number of hydrogen-bond donors (Lipinski definition) is 3. The minimum atomic E-state index is -3.77. The number of likely N-dealkylation sites (N-methyl/N-ethyl adjacent to an activating group) is 1. The highest BCUT2D eigenvalue weighted by Gasteiger charge is 2.18. The van der Waals surface area contributed by atoms with Gasteiger partial charge in [-0.15, -0.1) is 11.3 Å². The minimum absolute atomic E-state index is 0.0114. The standard InChI is InChI=1S/C9H12N2O5S2/c1-10-7(12)5-11-18(15,16)9-3-2-6(17-9)4-8(13)14/h2-3,11H,4-5H2,1H3,(H,10,12)(H,13,14). The first-order valence-electron chi connectivity index (χ1n) is 4.86. The van der Waals surface area contributed by atoms with Crippen LogP contribution in [-0.2, 0) is 26.0 Å². The van der Waals surface area contributed by atoms with E-state index in [2.05, 4.69) is 10.0 Å². The molecule has 1 heterocycles. The van der Waals surface area contributed by atoms with Crippen LogP contribution in [-0.4, -0.2) is 39.0 Å². The molecular formula is C9H12N2O5S2. The maximum absolute atomic E-state index is 11.7. The van der Waals surface area contributed by atoms with Crippen LogP contribution in [0.15, 0.2) is 16.3 Å². The molecule has 100 valence electrons. The number of thiophene rings is 1. The molecule has 0 unspecified atom stereocenters. The molecule has 0 aliphatic heterocycles. The second kappa shape index (κ2) is 5.94. The third-order valence-electron chi connectivity index (χ3n) is 1.93. The Kier molecular flexibility index (Phi) is 4.82. The molecule has 0 saturated carbocycles. The lowest BCUT2D eigenvalue weighted by Gasteiger charge is -2.03.